The van der Waals surface area contributed by atoms with E-state index in [1.165, 1.54) is 5.56 Å². The van der Waals surface area contributed by atoms with Crippen LogP contribution in [0.3, 0.4) is 0 Å². The van der Waals surface area contributed by atoms with Gasteiger partial charge in [0.2, 0.25) is 0 Å². The lowest BCUT2D eigenvalue weighted by molar-refractivity contribution is 0.548. The maximum Gasteiger partial charge on any atom is 0.128 e. The van der Waals surface area contributed by atoms with Gasteiger partial charge in [-0.2, -0.15) is 0 Å². The van der Waals surface area contributed by atoms with Crippen molar-refractivity contribution in [3.05, 3.63) is 23.9 Å². The third kappa shape index (κ3) is 6.38. The molecule has 0 spiro atoms. The zero-order chi connectivity index (χ0) is 15.1. The van der Waals surface area contributed by atoms with Crippen LogP contribution in [0.5, 0.6) is 0 Å². The van der Waals surface area contributed by atoms with Crippen molar-refractivity contribution in [3.8, 4) is 0 Å². The van der Waals surface area contributed by atoms with Crippen LogP contribution in [0.15, 0.2) is 18.3 Å². The molecule has 1 aromatic heterocycles. The van der Waals surface area contributed by atoms with Crippen molar-refractivity contribution in [1.82, 2.24) is 10.3 Å². The number of hydrogen-bond donors (Lipinski definition) is 1. The molecule has 20 heavy (non-hydrogen) atoms. The lowest BCUT2D eigenvalue weighted by Crippen LogP contribution is -2.32. The van der Waals surface area contributed by atoms with Gasteiger partial charge in [-0.25, -0.2) is 4.98 Å². The van der Waals surface area contributed by atoms with Gasteiger partial charge in [0.15, 0.2) is 0 Å². The van der Waals surface area contributed by atoms with Crippen LogP contribution in [0.4, 0.5) is 5.82 Å². The first-order valence-corrected chi connectivity index (χ1v) is 7.81. The Kier molecular flexibility index (Phi) is 7.00. The molecule has 1 N–H and O–H groups in total. The smallest absolute Gasteiger partial charge is 0.128 e. The SMILES string of the molecule is CC(C)CN(CC(C)C)c1ccc(CNC(C)C)cn1. The van der Waals surface area contributed by atoms with E-state index in [1.807, 2.05) is 6.20 Å². The maximum absolute atomic E-state index is 4.65. The molecular weight excluding hydrogens is 246 g/mol. The van der Waals surface area contributed by atoms with Crippen molar-refractivity contribution >= 4 is 5.82 Å². The molecule has 0 fully saturated rings. The monoisotopic (exact) mass is 277 g/mol. The molecule has 0 unspecified atom stereocenters. The van der Waals surface area contributed by atoms with Crippen LogP contribution in [0, 0.1) is 11.8 Å². The van der Waals surface area contributed by atoms with E-state index in [2.05, 4.69) is 68.9 Å². The highest BCUT2D eigenvalue weighted by molar-refractivity contribution is 5.39. The van der Waals surface area contributed by atoms with E-state index in [9.17, 15) is 0 Å². The Morgan fingerprint density at radius 3 is 2.00 bits per heavy atom. The number of aromatic nitrogens is 1. The Morgan fingerprint density at radius 2 is 1.60 bits per heavy atom. The Hall–Kier alpha value is -1.09. The van der Waals surface area contributed by atoms with Crippen LogP contribution in [-0.4, -0.2) is 24.1 Å². The lowest BCUT2D eigenvalue weighted by atomic mass is 10.1. The van der Waals surface area contributed by atoms with Crippen LogP contribution in [-0.2, 0) is 6.54 Å². The molecule has 0 bridgehead atoms. The molecule has 3 nitrogen and oxygen atoms in total. The van der Waals surface area contributed by atoms with E-state index in [1.54, 1.807) is 0 Å². The largest absolute Gasteiger partial charge is 0.356 e. The Balaban J connectivity index is 2.71. The topological polar surface area (TPSA) is 28.2 Å². The van der Waals surface area contributed by atoms with Gasteiger partial charge in [0.1, 0.15) is 5.82 Å². The molecule has 3 heteroatoms. The third-order valence-corrected chi connectivity index (χ3v) is 3.02. The van der Waals surface area contributed by atoms with Crippen LogP contribution >= 0.6 is 0 Å². The molecule has 0 radical (unpaired) electrons. The lowest BCUT2D eigenvalue weighted by Gasteiger charge is -2.27. The normalized spacial score (nSPS) is 11.7. The minimum atomic E-state index is 0.507. The summed E-state index contributed by atoms with van der Waals surface area (Å²) in [7, 11) is 0. The first kappa shape index (κ1) is 17.0. The zero-order valence-electron chi connectivity index (χ0n) is 14.0. The van der Waals surface area contributed by atoms with Crippen LogP contribution in [0.25, 0.3) is 0 Å². The highest BCUT2D eigenvalue weighted by Crippen LogP contribution is 2.15. The van der Waals surface area contributed by atoms with Crippen molar-refractivity contribution in [3.63, 3.8) is 0 Å². The van der Waals surface area contributed by atoms with Gasteiger partial charge < -0.3 is 10.2 Å². The number of rotatable bonds is 8. The van der Waals surface area contributed by atoms with Crippen molar-refractivity contribution in [2.45, 2.75) is 54.1 Å². The Labute approximate surface area is 124 Å². The van der Waals surface area contributed by atoms with E-state index in [0.717, 1.165) is 25.5 Å². The fraction of sp³-hybridized carbons (Fsp3) is 0.706. The second kappa shape index (κ2) is 8.25. The van der Waals surface area contributed by atoms with Gasteiger partial charge in [-0.05, 0) is 23.5 Å². The highest BCUT2D eigenvalue weighted by Gasteiger charge is 2.11. The Morgan fingerprint density at radius 1 is 1.00 bits per heavy atom. The molecule has 0 aromatic carbocycles. The molecular formula is C17H31N3. The van der Waals surface area contributed by atoms with Gasteiger partial charge in [-0.15, -0.1) is 0 Å². The molecule has 1 aromatic rings. The molecule has 114 valence electrons. The first-order valence-electron chi connectivity index (χ1n) is 7.81. The van der Waals surface area contributed by atoms with Gasteiger partial charge in [-0.1, -0.05) is 47.6 Å². The van der Waals surface area contributed by atoms with Crippen molar-refractivity contribution < 1.29 is 0 Å². The molecule has 1 rings (SSSR count). The third-order valence-electron chi connectivity index (χ3n) is 3.02. The molecule has 0 aliphatic rings. The fourth-order valence-corrected chi connectivity index (χ4v) is 2.17. The van der Waals surface area contributed by atoms with Gasteiger partial charge in [0.25, 0.3) is 0 Å². The number of pyridine rings is 1. The standard InChI is InChI=1S/C17H31N3/c1-13(2)11-20(12-14(3)4)17-8-7-16(10-19-17)9-18-15(5)6/h7-8,10,13-15,18H,9,11-12H2,1-6H3. The van der Waals surface area contributed by atoms with E-state index < -0.39 is 0 Å². The van der Waals surface area contributed by atoms with Gasteiger partial charge in [0, 0.05) is 31.9 Å². The van der Waals surface area contributed by atoms with Gasteiger partial charge >= 0.3 is 0 Å². The Bertz CT molecular complexity index is 358. The van der Waals surface area contributed by atoms with Crippen LogP contribution in [0.2, 0.25) is 0 Å². The van der Waals surface area contributed by atoms with Crippen LogP contribution in [0.1, 0.15) is 47.1 Å². The molecule has 0 aliphatic heterocycles. The number of anilines is 1. The summed E-state index contributed by atoms with van der Waals surface area (Å²) < 4.78 is 0. The number of nitrogens with zero attached hydrogens (tertiary/aromatic N) is 2. The van der Waals surface area contributed by atoms with E-state index in [-0.39, 0.29) is 0 Å². The first-order chi connectivity index (χ1) is 9.38. The summed E-state index contributed by atoms with van der Waals surface area (Å²) in [4.78, 5) is 7.05. The molecule has 0 aliphatic carbocycles. The predicted molar refractivity (Wildman–Crippen MR) is 88.1 cm³/mol. The molecule has 0 atom stereocenters. The summed E-state index contributed by atoms with van der Waals surface area (Å²) in [6.45, 7) is 16.4. The summed E-state index contributed by atoms with van der Waals surface area (Å²) in [5.74, 6) is 2.40. The molecule has 0 amide bonds. The molecule has 0 saturated heterocycles. The second-order valence-corrected chi connectivity index (χ2v) is 6.75. The summed E-state index contributed by atoms with van der Waals surface area (Å²) >= 11 is 0. The predicted octanol–water partition coefficient (Wildman–Crippen LogP) is 3.70. The number of hydrogen-bond acceptors (Lipinski definition) is 3. The summed E-state index contributed by atoms with van der Waals surface area (Å²) in [5.41, 5.74) is 1.25. The maximum atomic E-state index is 4.65. The zero-order valence-corrected chi connectivity index (χ0v) is 14.0. The molecule has 0 saturated carbocycles. The fourth-order valence-electron chi connectivity index (χ4n) is 2.17. The average Bonchev–Trinajstić information content (AvgIpc) is 2.35. The quantitative estimate of drug-likeness (QED) is 0.785. The minimum Gasteiger partial charge on any atom is -0.356 e. The minimum absolute atomic E-state index is 0.507. The molecule has 1 heterocycles. The average molecular weight is 277 g/mol. The second-order valence-electron chi connectivity index (χ2n) is 6.75. The summed E-state index contributed by atoms with van der Waals surface area (Å²) in [6, 6.07) is 4.85. The van der Waals surface area contributed by atoms with Crippen LogP contribution < -0.4 is 10.2 Å². The van der Waals surface area contributed by atoms with E-state index in [4.69, 9.17) is 0 Å². The summed E-state index contributed by atoms with van der Waals surface area (Å²) in [5, 5.41) is 3.42. The summed E-state index contributed by atoms with van der Waals surface area (Å²) in [6.07, 6.45) is 2.00. The van der Waals surface area contributed by atoms with E-state index >= 15 is 0 Å². The van der Waals surface area contributed by atoms with Gasteiger partial charge in [0.05, 0.1) is 0 Å². The van der Waals surface area contributed by atoms with E-state index in [0.29, 0.717) is 17.9 Å². The van der Waals surface area contributed by atoms with Crippen molar-refractivity contribution in [2.24, 2.45) is 11.8 Å². The highest BCUT2D eigenvalue weighted by atomic mass is 15.2. The number of nitrogens with one attached hydrogen (secondary N) is 1. The van der Waals surface area contributed by atoms with Crippen molar-refractivity contribution in [2.75, 3.05) is 18.0 Å². The van der Waals surface area contributed by atoms with Gasteiger partial charge in [-0.3, -0.25) is 0 Å². The van der Waals surface area contributed by atoms with Crippen molar-refractivity contribution in [1.29, 1.82) is 0 Å².